The second-order valence-electron chi connectivity index (χ2n) is 5.00. The molecule has 1 aromatic rings. The molecular weight excluding hydrogens is 282 g/mol. The van der Waals surface area contributed by atoms with Crippen LogP contribution in [0.5, 0.6) is 0 Å². The predicted octanol–water partition coefficient (Wildman–Crippen LogP) is 2.30. The molecule has 0 aromatic heterocycles. The Morgan fingerprint density at radius 2 is 2.20 bits per heavy atom. The maximum absolute atomic E-state index is 13.6. The fraction of sp³-hybridized carbons (Fsp3) is 0.500. The van der Waals surface area contributed by atoms with Crippen LogP contribution in [-0.4, -0.2) is 23.7 Å². The summed E-state index contributed by atoms with van der Waals surface area (Å²) in [5.74, 6) is -1.07. The van der Waals surface area contributed by atoms with Crippen molar-refractivity contribution in [3.8, 4) is 0 Å². The lowest BCUT2D eigenvalue weighted by Gasteiger charge is -2.31. The summed E-state index contributed by atoms with van der Waals surface area (Å²) in [4.78, 5) is 12.2. The third-order valence-corrected chi connectivity index (χ3v) is 4.80. The quantitative estimate of drug-likeness (QED) is 0.760. The van der Waals surface area contributed by atoms with E-state index in [0.29, 0.717) is 17.2 Å². The first-order valence-electron chi connectivity index (χ1n) is 6.62. The van der Waals surface area contributed by atoms with Gasteiger partial charge in [-0.1, -0.05) is 6.92 Å². The van der Waals surface area contributed by atoms with E-state index in [-0.39, 0.29) is 5.92 Å². The molecule has 0 radical (unpaired) electrons. The molecule has 1 aliphatic rings. The van der Waals surface area contributed by atoms with Crippen LogP contribution in [0.3, 0.4) is 0 Å². The molecule has 2 rings (SSSR count). The lowest BCUT2D eigenvalue weighted by molar-refractivity contribution is -0.124. The summed E-state index contributed by atoms with van der Waals surface area (Å²) in [7, 11) is 0. The van der Waals surface area contributed by atoms with Crippen LogP contribution in [0.1, 0.15) is 19.8 Å². The van der Waals surface area contributed by atoms with Gasteiger partial charge in [0.1, 0.15) is 17.2 Å². The van der Waals surface area contributed by atoms with E-state index >= 15 is 0 Å². The highest BCUT2D eigenvalue weighted by atomic mass is 32.2. The van der Waals surface area contributed by atoms with Crippen molar-refractivity contribution in [1.82, 2.24) is 5.32 Å². The molecule has 3 N–H and O–H groups in total. The maximum atomic E-state index is 13.6. The van der Waals surface area contributed by atoms with Crippen LogP contribution in [0.2, 0.25) is 0 Å². The normalized spacial score (nSPS) is 17.8. The van der Waals surface area contributed by atoms with E-state index in [1.165, 1.54) is 23.9 Å². The zero-order valence-corrected chi connectivity index (χ0v) is 12.1. The fourth-order valence-corrected chi connectivity index (χ4v) is 3.57. The third-order valence-electron chi connectivity index (χ3n) is 3.56. The minimum Gasteiger partial charge on any atom is -0.368 e. The van der Waals surface area contributed by atoms with Gasteiger partial charge in [-0.25, -0.2) is 8.78 Å². The third kappa shape index (κ3) is 3.12. The molecule has 1 atom stereocenters. The largest absolute Gasteiger partial charge is 0.368 e. The predicted molar refractivity (Wildman–Crippen MR) is 75.4 cm³/mol. The molecule has 1 fully saturated rings. The monoisotopic (exact) mass is 300 g/mol. The molecule has 0 saturated heterocycles. The molecule has 1 saturated carbocycles. The van der Waals surface area contributed by atoms with E-state index in [0.717, 1.165) is 18.9 Å². The van der Waals surface area contributed by atoms with E-state index < -0.39 is 23.1 Å². The van der Waals surface area contributed by atoms with Crippen molar-refractivity contribution in [2.75, 3.05) is 12.3 Å². The standard InChI is InChI=1S/C14H18F2N2OS/c1-2-18-14(13(17)19,9-3-4-9)8-20-12-6-5-10(15)7-11(12)16/h5-7,9,18H,2-4,8H2,1H3,(H2,17,19). The van der Waals surface area contributed by atoms with E-state index in [9.17, 15) is 13.6 Å². The molecule has 1 aromatic carbocycles. The molecular formula is C14H18F2N2OS. The fourth-order valence-electron chi connectivity index (χ4n) is 2.35. The Hall–Kier alpha value is -1.14. The minimum absolute atomic E-state index is 0.205. The van der Waals surface area contributed by atoms with Gasteiger partial charge in [0.25, 0.3) is 0 Å². The summed E-state index contributed by atoms with van der Waals surface area (Å²) in [6.07, 6.45) is 1.89. The second-order valence-corrected chi connectivity index (χ2v) is 6.02. The van der Waals surface area contributed by atoms with Crippen molar-refractivity contribution in [3.05, 3.63) is 29.8 Å². The Morgan fingerprint density at radius 3 is 2.70 bits per heavy atom. The molecule has 3 nitrogen and oxygen atoms in total. The SMILES string of the molecule is CCNC(CSc1ccc(F)cc1F)(C(N)=O)C1CC1. The number of carbonyl (C=O) groups excluding carboxylic acids is 1. The molecule has 1 unspecified atom stereocenters. The summed E-state index contributed by atoms with van der Waals surface area (Å²) < 4.78 is 26.5. The van der Waals surface area contributed by atoms with Crippen LogP contribution in [0.25, 0.3) is 0 Å². The number of halogens is 2. The van der Waals surface area contributed by atoms with Crippen LogP contribution < -0.4 is 11.1 Å². The van der Waals surface area contributed by atoms with Crippen molar-refractivity contribution in [3.63, 3.8) is 0 Å². The molecule has 0 aliphatic heterocycles. The number of carbonyl (C=O) groups is 1. The Kier molecular flexibility index (Phi) is 4.65. The summed E-state index contributed by atoms with van der Waals surface area (Å²) in [5, 5.41) is 3.17. The number of hydrogen-bond acceptors (Lipinski definition) is 3. The first-order chi connectivity index (χ1) is 9.49. The number of hydrogen-bond donors (Lipinski definition) is 2. The number of benzene rings is 1. The Bertz CT molecular complexity index is 508. The summed E-state index contributed by atoms with van der Waals surface area (Å²) >= 11 is 1.19. The van der Waals surface area contributed by atoms with Gasteiger partial charge < -0.3 is 11.1 Å². The van der Waals surface area contributed by atoms with Gasteiger partial charge in [0, 0.05) is 16.7 Å². The molecule has 0 spiro atoms. The minimum atomic E-state index is -0.805. The second kappa shape index (κ2) is 6.10. The van der Waals surface area contributed by atoms with Crippen LogP contribution in [-0.2, 0) is 4.79 Å². The first-order valence-corrected chi connectivity index (χ1v) is 7.61. The highest BCUT2D eigenvalue weighted by molar-refractivity contribution is 7.99. The highest BCUT2D eigenvalue weighted by Crippen LogP contribution is 2.42. The number of likely N-dealkylation sites (N-methyl/N-ethyl adjacent to an activating group) is 1. The first kappa shape index (κ1) is 15.3. The van der Waals surface area contributed by atoms with E-state index in [1.54, 1.807) is 0 Å². The Balaban J connectivity index is 2.14. The van der Waals surface area contributed by atoms with Crippen LogP contribution in [0.15, 0.2) is 23.1 Å². The van der Waals surface area contributed by atoms with Crippen molar-refractivity contribution < 1.29 is 13.6 Å². The zero-order chi connectivity index (χ0) is 14.8. The molecule has 6 heteroatoms. The number of nitrogens with two attached hydrogens (primary N) is 1. The smallest absolute Gasteiger partial charge is 0.238 e. The van der Waals surface area contributed by atoms with Gasteiger partial charge >= 0.3 is 0 Å². The average Bonchev–Trinajstić information content (AvgIpc) is 3.20. The molecule has 20 heavy (non-hydrogen) atoms. The van der Waals surface area contributed by atoms with Gasteiger partial charge in [-0.2, -0.15) is 0 Å². The van der Waals surface area contributed by atoms with Crippen molar-refractivity contribution >= 4 is 17.7 Å². The van der Waals surface area contributed by atoms with Crippen LogP contribution in [0.4, 0.5) is 8.78 Å². The Labute approximate surface area is 121 Å². The van der Waals surface area contributed by atoms with Crippen molar-refractivity contribution in [2.24, 2.45) is 11.7 Å². The maximum Gasteiger partial charge on any atom is 0.238 e. The van der Waals surface area contributed by atoms with E-state index in [2.05, 4.69) is 5.32 Å². The lowest BCUT2D eigenvalue weighted by Crippen LogP contribution is -2.59. The molecule has 0 heterocycles. The number of rotatable bonds is 7. The van der Waals surface area contributed by atoms with Gasteiger partial charge in [-0.05, 0) is 37.4 Å². The summed E-state index contributed by atoms with van der Waals surface area (Å²) in [6.45, 7) is 2.52. The topological polar surface area (TPSA) is 55.1 Å². The number of nitrogens with one attached hydrogen (secondary N) is 1. The van der Waals surface area contributed by atoms with Crippen LogP contribution >= 0.6 is 11.8 Å². The van der Waals surface area contributed by atoms with Crippen molar-refractivity contribution in [2.45, 2.75) is 30.2 Å². The lowest BCUT2D eigenvalue weighted by atomic mass is 9.94. The van der Waals surface area contributed by atoms with Gasteiger partial charge in [-0.15, -0.1) is 11.8 Å². The number of amides is 1. The average molecular weight is 300 g/mol. The van der Waals surface area contributed by atoms with Gasteiger partial charge in [0.05, 0.1) is 0 Å². The van der Waals surface area contributed by atoms with Crippen molar-refractivity contribution in [1.29, 1.82) is 0 Å². The summed E-state index contributed by atoms with van der Waals surface area (Å²) in [5.41, 5.74) is 4.75. The molecule has 110 valence electrons. The van der Waals surface area contributed by atoms with E-state index in [4.69, 9.17) is 5.73 Å². The molecule has 1 aliphatic carbocycles. The zero-order valence-electron chi connectivity index (χ0n) is 11.3. The number of primary amides is 1. The van der Waals surface area contributed by atoms with Gasteiger partial charge in [0.2, 0.25) is 5.91 Å². The molecule has 1 amide bonds. The van der Waals surface area contributed by atoms with Crippen LogP contribution in [0, 0.1) is 17.6 Å². The van der Waals surface area contributed by atoms with Gasteiger partial charge in [0.15, 0.2) is 0 Å². The highest BCUT2D eigenvalue weighted by Gasteiger charge is 2.49. The number of thioether (sulfide) groups is 1. The van der Waals surface area contributed by atoms with E-state index in [1.807, 2.05) is 6.92 Å². The molecule has 0 bridgehead atoms. The summed E-state index contributed by atoms with van der Waals surface area (Å²) in [6, 6.07) is 3.44. The Morgan fingerprint density at radius 1 is 1.50 bits per heavy atom. The van der Waals surface area contributed by atoms with Gasteiger partial charge in [-0.3, -0.25) is 4.79 Å².